The Morgan fingerprint density at radius 3 is 2.28 bits per heavy atom. The van der Waals surface area contributed by atoms with Crippen LogP contribution in [0.4, 0.5) is 36.7 Å². The minimum absolute atomic E-state index is 0.00106. The first kappa shape index (κ1) is 28.6. The Labute approximate surface area is 225 Å². The largest absolute Gasteiger partial charge is 0.451 e. The highest BCUT2D eigenvalue weighted by atomic mass is 35.5. The van der Waals surface area contributed by atoms with E-state index in [4.69, 9.17) is 28.0 Å². The number of nitrogens with zero attached hydrogens (tertiary/aromatic N) is 4. The van der Waals surface area contributed by atoms with Gasteiger partial charge in [0.2, 0.25) is 11.8 Å². The van der Waals surface area contributed by atoms with Gasteiger partial charge >= 0.3 is 12.4 Å². The number of amides is 1. The van der Waals surface area contributed by atoms with Crippen molar-refractivity contribution in [1.82, 2.24) is 14.8 Å². The van der Waals surface area contributed by atoms with Crippen molar-refractivity contribution in [3.8, 4) is 0 Å². The summed E-state index contributed by atoms with van der Waals surface area (Å²) in [6.07, 6.45) is -10.6. The minimum Gasteiger partial charge on any atom is -0.374 e. The predicted molar refractivity (Wildman–Crippen MR) is 126 cm³/mol. The lowest BCUT2D eigenvalue weighted by molar-refractivity contribution is -0.275. The molecule has 0 spiro atoms. The molecular formula is C23H16Cl2F7N5O2. The Morgan fingerprint density at radius 2 is 1.77 bits per heavy atom. The molecule has 0 radical (unpaired) electrons. The van der Waals surface area contributed by atoms with Crippen LogP contribution in [-0.4, -0.2) is 32.6 Å². The number of nitrogens with one attached hydrogen (secondary N) is 1. The van der Waals surface area contributed by atoms with Crippen LogP contribution >= 0.6 is 23.2 Å². The normalized spacial score (nSPS) is 17.7. The first-order chi connectivity index (χ1) is 18.1. The molecule has 4 rings (SSSR count). The number of anilines is 1. The van der Waals surface area contributed by atoms with E-state index in [-0.39, 0.29) is 28.9 Å². The molecule has 1 aliphatic rings. The number of hydrogen-bond acceptors (Lipinski definition) is 5. The van der Waals surface area contributed by atoms with Gasteiger partial charge < -0.3 is 4.84 Å². The number of aromatic nitrogens is 3. The Hall–Kier alpha value is -3.39. The van der Waals surface area contributed by atoms with Crippen LogP contribution in [0.15, 0.2) is 35.5 Å². The summed E-state index contributed by atoms with van der Waals surface area (Å²) in [4.78, 5) is 20.9. The lowest BCUT2D eigenvalue weighted by atomic mass is 9.86. The molecule has 0 bridgehead atoms. The fourth-order valence-electron chi connectivity index (χ4n) is 3.94. The van der Waals surface area contributed by atoms with Crippen LogP contribution < -0.4 is 5.32 Å². The maximum atomic E-state index is 14.2. The van der Waals surface area contributed by atoms with Gasteiger partial charge in [0, 0.05) is 24.1 Å². The molecule has 208 valence electrons. The summed E-state index contributed by atoms with van der Waals surface area (Å²) in [6.45, 7) is 2.73. The van der Waals surface area contributed by atoms with Gasteiger partial charge in [0.25, 0.3) is 11.5 Å². The van der Waals surface area contributed by atoms with Crippen molar-refractivity contribution in [3.05, 3.63) is 74.3 Å². The van der Waals surface area contributed by atoms with E-state index in [2.05, 4.69) is 20.6 Å². The number of carbonyl (C=O) groups excluding carboxylic acids is 1. The van der Waals surface area contributed by atoms with E-state index in [1.807, 2.05) is 0 Å². The van der Waals surface area contributed by atoms with E-state index >= 15 is 0 Å². The zero-order chi connectivity index (χ0) is 28.9. The second-order valence-corrected chi connectivity index (χ2v) is 9.26. The van der Waals surface area contributed by atoms with Crippen molar-refractivity contribution in [2.24, 2.45) is 5.16 Å². The summed E-state index contributed by atoms with van der Waals surface area (Å²) in [5, 5.41) is 8.14. The molecule has 0 saturated heterocycles. The van der Waals surface area contributed by atoms with Gasteiger partial charge in [-0.3, -0.25) is 10.1 Å². The van der Waals surface area contributed by atoms with Gasteiger partial charge in [-0.25, -0.2) is 9.07 Å². The van der Waals surface area contributed by atoms with Crippen LogP contribution in [0.25, 0.3) is 0 Å². The van der Waals surface area contributed by atoms with Crippen LogP contribution in [-0.2, 0) is 23.2 Å². The molecule has 2 heterocycles. The maximum absolute atomic E-state index is 14.2. The minimum atomic E-state index is -5.01. The number of hydrogen-bond donors (Lipinski definition) is 1. The van der Waals surface area contributed by atoms with Crippen LogP contribution in [0.2, 0.25) is 10.0 Å². The summed E-state index contributed by atoms with van der Waals surface area (Å²) in [5.41, 5.74) is -3.28. The molecule has 1 atom stereocenters. The monoisotopic (exact) mass is 597 g/mol. The average molecular weight is 598 g/mol. The third-order valence-electron chi connectivity index (χ3n) is 5.89. The SMILES string of the molecule is CCn1nc(NC(=O)c2ccc(C3=NOC(c4cc(Cl)c(F)c(Cl)c4)(C(F)(F)F)C3)cc2C)nc1C(F)(F)F. The fourth-order valence-corrected chi connectivity index (χ4v) is 4.43. The van der Waals surface area contributed by atoms with Gasteiger partial charge in [-0.1, -0.05) is 34.4 Å². The first-order valence-electron chi connectivity index (χ1n) is 11.0. The first-order valence-corrected chi connectivity index (χ1v) is 11.7. The highest BCUT2D eigenvalue weighted by Gasteiger charge is 2.62. The summed E-state index contributed by atoms with van der Waals surface area (Å²) >= 11 is 11.4. The quantitative estimate of drug-likeness (QED) is 0.256. The van der Waals surface area contributed by atoms with Crippen molar-refractivity contribution >= 4 is 40.8 Å². The van der Waals surface area contributed by atoms with Gasteiger partial charge in [-0.15, -0.1) is 5.10 Å². The number of aryl methyl sites for hydroxylation is 2. The van der Waals surface area contributed by atoms with E-state index in [0.29, 0.717) is 4.68 Å². The number of halogens is 9. The number of benzene rings is 2. The molecule has 16 heteroatoms. The third-order valence-corrected chi connectivity index (χ3v) is 6.44. The second kappa shape index (κ2) is 9.97. The Morgan fingerprint density at radius 1 is 1.13 bits per heavy atom. The Bertz CT molecular complexity index is 1460. The maximum Gasteiger partial charge on any atom is 0.451 e. The number of carbonyl (C=O) groups is 1. The topological polar surface area (TPSA) is 81.4 Å². The second-order valence-electron chi connectivity index (χ2n) is 8.44. The fraction of sp³-hybridized carbons (Fsp3) is 0.304. The van der Waals surface area contributed by atoms with Crippen molar-refractivity contribution in [3.63, 3.8) is 0 Å². The summed E-state index contributed by atoms with van der Waals surface area (Å²) in [6, 6.07) is 5.41. The molecule has 1 aromatic heterocycles. The number of alkyl halides is 6. The third kappa shape index (κ3) is 5.26. The molecular weight excluding hydrogens is 582 g/mol. The molecule has 3 aromatic rings. The molecule has 1 aliphatic heterocycles. The van der Waals surface area contributed by atoms with E-state index in [1.54, 1.807) is 0 Å². The molecule has 0 saturated carbocycles. The summed E-state index contributed by atoms with van der Waals surface area (Å²) in [7, 11) is 0. The lowest BCUT2D eigenvalue weighted by Gasteiger charge is -2.29. The van der Waals surface area contributed by atoms with Crippen LogP contribution in [0, 0.1) is 12.7 Å². The highest BCUT2D eigenvalue weighted by molar-refractivity contribution is 6.35. The highest BCUT2D eigenvalue weighted by Crippen LogP contribution is 2.50. The van der Waals surface area contributed by atoms with Crippen molar-refractivity contribution in [2.45, 2.75) is 44.8 Å². The lowest BCUT2D eigenvalue weighted by Crippen LogP contribution is -2.42. The van der Waals surface area contributed by atoms with Crippen molar-refractivity contribution < 1.29 is 40.4 Å². The van der Waals surface area contributed by atoms with E-state index in [1.165, 1.54) is 32.0 Å². The van der Waals surface area contributed by atoms with Crippen LogP contribution in [0.5, 0.6) is 0 Å². The molecule has 1 unspecified atom stereocenters. The summed E-state index contributed by atoms with van der Waals surface area (Å²) < 4.78 is 96.4. The standard InChI is InChI=1S/C23H16Cl2F7N5O2/c1-3-37-19(22(27,28)29)34-20(35-37)33-18(38)13-5-4-11(6-10(13)2)16-9-21(39-36-16,23(30,31)32)12-7-14(24)17(26)15(25)8-12/h4-8H,3,9H2,1-2H3,(H,33,35,38). The smallest absolute Gasteiger partial charge is 0.374 e. The van der Waals surface area contributed by atoms with Crippen LogP contribution in [0.1, 0.15) is 46.2 Å². The zero-order valence-corrected chi connectivity index (χ0v) is 21.3. The molecule has 0 fully saturated rings. The number of rotatable bonds is 5. The molecule has 1 amide bonds. The Balaban J connectivity index is 1.59. The zero-order valence-electron chi connectivity index (χ0n) is 19.8. The van der Waals surface area contributed by atoms with Gasteiger partial charge in [0.1, 0.15) is 0 Å². The molecule has 0 aliphatic carbocycles. The molecule has 7 nitrogen and oxygen atoms in total. The van der Waals surface area contributed by atoms with Gasteiger partial charge in [-0.05, 0) is 49.2 Å². The number of oxime groups is 1. The molecule has 1 N–H and O–H groups in total. The van der Waals surface area contributed by atoms with E-state index in [0.717, 1.165) is 12.1 Å². The van der Waals surface area contributed by atoms with Gasteiger partial charge in [-0.2, -0.15) is 31.3 Å². The average Bonchev–Trinajstić information content (AvgIpc) is 3.47. The van der Waals surface area contributed by atoms with E-state index < -0.39 is 63.5 Å². The Kier molecular flexibility index (Phi) is 7.32. The van der Waals surface area contributed by atoms with Crippen molar-refractivity contribution in [2.75, 3.05) is 5.32 Å². The van der Waals surface area contributed by atoms with Gasteiger partial charge in [0.05, 0.1) is 15.8 Å². The van der Waals surface area contributed by atoms with Gasteiger partial charge in [0.15, 0.2) is 5.82 Å². The molecule has 2 aromatic carbocycles. The van der Waals surface area contributed by atoms with E-state index in [9.17, 15) is 35.5 Å². The van der Waals surface area contributed by atoms with Crippen molar-refractivity contribution in [1.29, 1.82) is 0 Å². The van der Waals surface area contributed by atoms with Crippen LogP contribution in [0.3, 0.4) is 0 Å². The summed E-state index contributed by atoms with van der Waals surface area (Å²) in [5.74, 6) is -3.79. The molecule has 39 heavy (non-hydrogen) atoms. The predicted octanol–water partition coefficient (Wildman–Crippen LogP) is 6.91.